The van der Waals surface area contributed by atoms with Gasteiger partial charge >= 0.3 is 11.9 Å². The van der Waals surface area contributed by atoms with Gasteiger partial charge in [0, 0.05) is 5.02 Å². The number of carbonyl (C=O) groups excluding carboxylic acids is 1. The van der Waals surface area contributed by atoms with Crippen LogP contribution >= 0.6 is 11.6 Å². The van der Waals surface area contributed by atoms with Crippen molar-refractivity contribution in [3.63, 3.8) is 0 Å². The highest BCUT2D eigenvalue weighted by Crippen LogP contribution is 2.17. The van der Waals surface area contributed by atoms with Crippen LogP contribution in [0.25, 0.3) is 0 Å². The Morgan fingerprint density at radius 2 is 1.94 bits per heavy atom. The Morgan fingerprint density at radius 1 is 1.31 bits per heavy atom. The van der Waals surface area contributed by atoms with Crippen LogP contribution in [0.15, 0.2) is 18.2 Å². The summed E-state index contributed by atoms with van der Waals surface area (Å²) in [4.78, 5) is 22.5. The largest absolute Gasteiger partial charge is 0.478 e. The van der Waals surface area contributed by atoms with E-state index in [0.29, 0.717) is 0 Å². The van der Waals surface area contributed by atoms with Gasteiger partial charge < -0.3 is 9.84 Å². The third-order valence-corrected chi connectivity index (χ3v) is 2.01. The fourth-order valence-electron chi connectivity index (χ4n) is 1.15. The highest BCUT2D eigenvalue weighted by Gasteiger charge is 2.18. The van der Waals surface area contributed by atoms with E-state index in [9.17, 15) is 9.59 Å². The summed E-state index contributed by atoms with van der Waals surface area (Å²) in [5.41, 5.74) is -0.149. The number of carboxylic acid groups (broad SMARTS) is 1. The van der Waals surface area contributed by atoms with Gasteiger partial charge in [-0.25, -0.2) is 9.59 Å². The number of ether oxygens (including phenoxy) is 1. The average molecular weight is 243 g/mol. The van der Waals surface area contributed by atoms with Crippen molar-refractivity contribution < 1.29 is 19.4 Å². The molecule has 5 heteroatoms. The molecular weight excluding hydrogens is 232 g/mol. The molecule has 1 aromatic carbocycles. The van der Waals surface area contributed by atoms with E-state index < -0.39 is 11.9 Å². The Hall–Kier alpha value is -1.55. The SMILES string of the molecule is CC(C)OC(=O)c1ccc(Cl)cc1C(=O)O. The van der Waals surface area contributed by atoms with E-state index in [1.54, 1.807) is 13.8 Å². The van der Waals surface area contributed by atoms with Gasteiger partial charge in [0.1, 0.15) is 0 Å². The number of aromatic carboxylic acids is 1. The number of benzene rings is 1. The number of esters is 1. The van der Waals surface area contributed by atoms with Crippen LogP contribution < -0.4 is 0 Å². The molecule has 0 saturated heterocycles. The van der Waals surface area contributed by atoms with Gasteiger partial charge in [-0.3, -0.25) is 0 Å². The molecule has 0 aromatic heterocycles. The van der Waals surface area contributed by atoms with Crippen LogP contribution in [0.2, 0.25) is 5.02 Å². The molecule has 86 valence electrons. The summed E-state index contributed by atoms with van der Waals surface area (Å²) >= 11 is 5.66. The van der Waals surface area contributed by atoms with Crippen molar-refractivity contribution in [1.82, 2.24) is 0 Å². The van der Waals surface area contributed by atoms with Gasteiger partial charge in [-0.05, 0) is 32.0 Å². The number of hydrogen-bond donors (Lipinski definition) is 1. The first kappa shape index (κ1) is 12.5. The van der Waals surface area contributed by atoms with Crippen molar-refractivity contribution >= 4 is 23.5 Å². The Kier molecular flexibility index (Phi) is 3.90. The lowest BCUT2D eigenvalue weighted by Crippen LogP contribution is -2.15. The van der Waals surface area contributed by atoms with E-state index in [4.69, 9.17) is 21.4 Å². The molecule has 0 unspecified atom stereocenters. The number of halogens is 1. The van der Waals surface area contributed by atoms with Crippen molar-refractivity contribution in [2.24, 2.45) is 0 Å². The third kappa shape index (κ3) is 2.97. The van der Waals surface area contributed by atoms with Gasteiger partial charge in [-0.15, -0.1) is 0 Å². The van der Waals surface area contributed by atoms with E-state index in [0.717, 1.165) is 0 Å². The molecule has 0 bridgehead atoms. The second kappa shape index (κ2) is 4.99. The van der Waals surface area contributed by atoms with Gasteiger partial charge in [0.15, 0.2) is 0 Å². The average Bonchev–Trinajstić information content (AvgIpc) is 2.16. The maximum absolute atomic E-state index is 11.6. The van der Waals surface area contributed by atoms with Crippen molar-refractivity contribution in [3.05, 3.63) is 34.3 Å². The second-order valence-corrected chi connectivity index (χ2v) is 3.89. The van der Waals surface area contributed by atoms with E-state index in [-0.39, 0.29) is 22.3 Å². The van der Waals surface area contributed by atoms with Gasteiger partial charge in [-0.1, -0.05) is 11.6 Å². The number of carbonyl (C=O) groups is 2. The Bertz CT molecular complexity index is 426. The first-order valence-electron chi connectivity index (χ1n) is 4.65. The van der Waals surface area contributed by atoms with E-state index in [2.05, 4.69) is 0 Å². The molecule has 0 saturated carbocycles. The number of hydrogen-bond acceptors (Lipinski definition) is 3. The Balaban J connectivity index is 3.12. The first-order chi connectivity index (χ1) is 7.41. The zero-order chi connectivity index (χ0) is 12.3. The molecule has 1 N–H and O–H groups in total. The quantitative estimate of drug-likeness (QED) is 0.828. The first-order valence-corrected chi connectivity index (χ1v) is 5.03. The van der Waals surface area contributed by atoms with Crippen LogP contribution in [0.1, 0.15) is 34.6 Å². The van der Waals surface area contributed by atoms with Crippen LogP contribution in [-0.4, -0.2) is 23.1 Å². The van der Waals surface area contributed by atoms with Gasteiger partial charge in [-0.2, -0.15) is 0 Å². The molecule has 0 spiro atoms. The van der Waals surface area contributed by atoms with Crippen molar-refractivity contribution in [2.75, 3.05) is 0 Å². The molecule has 16 heavy (non-hydrogen) atoms. The van der Waals surface area contributed by atoms with E-state index in [1.165, 1.54) is 18.2 Å². The van der Waals surface area contributed by atoms with E-state index >= 15 is 0 Å². The van der Waals surface area contributed by atoms with Gasteiger partial charge in [0.05, 0.1) is 17.2 Å². The normalized spacial score (nSPS) is 10.2. The monoisotopic (exact) mass is 242 g/mol. The molecule has 0 atom stereocenters. The Morgan fingerprint density at radius 3 is 2.44 bits per heavy atom. The maximum Gasteiger partial charge on any atom is 0.339 e. The molecule has 1 aromatic rings. The minimum absolute atomic E-state index is 0.00519. The molecular formula is C11H11ClO4. The third-order valence-electron chi connectivity index (χ3n) is 1.77. The standard InChI is InChI=1S/C11H11ClO4/c1-6(2)16-11(15)8-4-3-7(12)5-9(8)10(13)14/h3-6H,1-2H3,(H,13,14). The summed E-state index contributed by atoms with van der Waals surface area (Å²) in [6.45, 7) is 3.38. The van der Waals surface area contributed by atoms with Crippen LogP contribution in [0.5, 0.6) is 0 Å². The summed E-state index contributed by atoms with van der Waals surface area (Å²) in [6, 6.07) is 4.02. The summed E-state index contributed by atoms with van der Waals surface area (Å²) in [7, 11) is 0. The van der Waals surface area contributed by atoms with Crippen LogP contribution in [-0.2, 0) is 4.74 Å². The summed E-state index contributed by atoms with van der Waals surface area (Å²) < 4.78 is 4.92. The van der Waals surface area contributed by atoms with Crippen molar-refractivity contribution in [1.29, 1.82) is 0 Å². The zero-order valence-corrected chi connectivity index (χ0v) is 9.62. The van der Waals surface area contributed by atoms with Crippen LogP contribution in [0.4, 0.5) is 0 Å². The molecule has 4 nitrogen and oxygen atoms in total. The summed E-state index contributed by atoms with van der Waals surface area (Å²) in [5, 5.41) is 9.17. The maximum atomic E-state index is 11.6. The molecule has 0 amide bonds. The molecule has 0 aliphatic carbocycles. The zero-order valence-electron chi connectivity index (χ0n) is 8.86. The predicted octanol–water partition coefficient (Wildman–Crippen LogP) is 2.60. The van der Waals surface area contributed by atoms with Crippen molar-refractivity contribution in [3.8, 4) is 0 Å². The molecule has 0 aliphatic heterocycles. The highest BCUT2D eigenvalue weighted by molar-refractivity contribution is 6.31. The molecule has 0 fully saturated rings. The van der Waals surface area contributed by atoms with Crippen LogP contribution in [0.3, 0.4) is 0 Å². The summed E-state index contributed by atoms with van der Waals surface area (Å²) in [6.07, 6.45) is -0.301. The van der Waals surface area contributed by atoms with Gasteiger partial charge in [0.2, 0.25) is 0 Å². The number of carboxylic acids is 1. The smallest absolute Gasteiger partial charge is 0.339 e. The lowest BCUT2D eigenvalue weighted by Gasteiger charge is -2.09. The van der Waals surface area contributed by atoms with Crippen molar-refractivity contribution in [2.45, 2.75) is 20.0 Å². The Labute approximate surface area is 97.8 Å². The molecule has 0 aliphatic rings. The minimum Gasteiger partial charge on any atom is -0.478 e. The minimum atomic E-state index is -1.21. The lowest BCUT2D eigenvalue weighted by atomic mass is 10.1. The lowest BCUT2D eigenvalue weighted by molar-refractivity contribution is 0.0371. The fraction of sp³-hybridized carbons (Fsp3) is 0.273. The second-order valence-electron chi connectivity index (χ2n) is 3.45. The number of rotatable bonds is 3. The van der Waals surface area contributed by atoms with E-state index in [1.807, 2.05) is 0 Å². The topological polar surface area (TPSA) is 63.6 Å². The molecule has 0 radical (unpaired) electrons. The fourth-order valence-corrected chi connectivity index (χ4v) is 1.32. The van der Waals surface area contributed by atoms with Gasteiger partial charge in [0.25, 0.3) is 0 Å². The molecule has 1 rings (SSSR count). The molecule has 0 heterocycles. The van der Waals surface area contributed by atoms with Crippen LogP contribution in [0, 0.1) is 0 Å². The summed E-state index contributed by atoms with van der Waals surface area (Å²) in [5.74, 6) is -1.87. The highest BCUT2D eigenvalue weighted by atomic mass is 35.5. The predicted molar refractivity (Wildman–Crippen MR) is 59.0 cm³/mol.